The maximum Gasteiger partial charge on any atom is 0.141 e. The molecule has 86 valence electrons. The van der Waals surface area contributed by atoms with Gasteiger partial charge in [0.1, 0.15) is 11.4 Å². The average molecular weight is 219 g/mol. The van der Waals surface area contributed by atoms with E-state index in [2.05, 4.69) is 29.0 Å². The van der Waals surface area contributed by atoms with Gasteiger partial charge in [-0.3, -0.25) is 0 Å². The lowest BCUT2D eigenvalue weighted by Gasteiger charge is -2.09. The minimum absolute atomic E-state index is 0.889. The second-order valence-electron chi connectivity index (χ2n) is 4.10. The Balaban J connectivity index is 2.38. The summed E-state index contributed by atoms with van der Waals surface area (Å²) in [5.74, 6) is 0.889. The summed E-state index contributed by atoms with van der Waals surface area (Å²) in [5.41, 5.74) is 2.15. The average Bonchev–Trinajstić information content (AvgIpc) is 2.69. The highest BCUT2D eigenvalue weighted by Gasteiger charge is 2.09. The fourth-order valence-electron chi connectivity index (χ4n) is 1.80. The molecule has 0 atom stereocenters. The molecule has 0 aliphatic heterocycles. The van der Waals surface area contributed by atoms with Crippen molar-refractivity contribution in [1.29, 1.82) is 0 Å². The highest BCUT2D eigenvalue weighted by Crippen LogP contribution is 2.27. The van der Waals surface area contributed by atoms with Crippen LogP contribution in [0.15, 0.2) is 18.5 Å². The zero-order chi connectivity index (χ0) is 11.5. The fraction of sp³-hybridized carbons (Fsp3) is 0.417. The normalized spacial score (nSPS) is 11.2. The number of likely N-dealkylation sites (N-methyl/N-ethyl adjacent to an activating group) is 1. The van der Waals surface area contributed by atoms with Crippen molar-refractivity contribution in [2.75, 3.05) is 27.7 Å². The summed E-state index contributed by atoms with van der Waals surface area (Å²) < 4.78 is 5.36. The fourth-order valence-corrected chi connectivity index (χ4v) is 1.80. The Morgan fingerprint density at radius 3 is 2.94 bits per heavy atom. The predicted octanol–water partition coefficient (Wildman–Crippen LogP) is 1.68. The van der Waals surface area contributed by atoms with Crippen molar-refractivity contribution in [3.05, 3.63) is 24.0 Å². The number of rotatable bonds is 4. The van der Waals surface area contributed by atoms with Crippen LogP contribution in [0, 0.1) is 0 Å². The molecule has 0 saturated carbocycles. The zero-order valence-electron chi connectivity index (χ0n) is 9.95. The third-order valence-corrected chi connectivity index (χ3v) is 2.67. The minimum Gasteiger partial charge on any atom is -0.496 e. The molecule has 2 rings (SSSR count). The van der Waals surface area contributed by atoms with Gasteiger partial charge in [-0.2, -0.15) is 0 Å². The molecule has 0 radical (unpaired) electrons. The second-order valence-corrected chi connectivity index (χ2v) is 4.10. The number of hydrogen-bond donors (Lipinski definition) is 1. The van der Waals surface area contributed by atoms with Crippen LogP contribution in [0.25, 0.3) is 11.0 Å². The van der Waals surface area contributed by atoms with Crippen molar-refractivity contribution in [3.63, 3.8) is 0 Å². The van der Waals surface area contributed by atoms with Gasteiger partial charge in [-0.25, -0.2) is 4.98 Å². The predicted molar refractivity (Wildman–Crippen MR) is 64.9 cm³/mol. The lowest BCUT2D eigenvalue weighted by Crippen LogP contribution is -2.14. The van der Waals surface area contributed by atoms with Gasteiger partial charge in [-0.05, 0) is 32.1 Å². The lowest BCUT2D eigenvalue weighted by atomic mass is 10.1. The molecule has 2 aromatic rings. The van der Waals surface area contributed by atoms with Crippen molar-refractivity contribution in [2.45, 2.75) is 6.42 Å². The number of nitrogens with one attached hydrogen (secondary N) is 1. The molecule has 0 amide bonds. The maximum atomic E-state index is 5.36. The molecule has 0 fully saturated rings. The van der Waals surface area contributed by atoms with Gasteiger partial charge in [0, 0.05) is 18.9 Å². The van der Waals surface area contributed by atoms with E-state index in [9.17, 15) is 0 Å². The second kappa shape index (κ2) is 4.53. The van der Waals surface area contributed by atoms with Gasteiger partial charge in [0.15, 0.2) is 0 Å². The van der Waals surface area contributed by atoms with Gasteiger partial charge in [0.25, 0.3) is 0 Å². The van der Waals surface area contributed by atoms with E-state index < -0.39 is 0 Å². The molecule has 2 heterocycles. The standard InChI is InChI=1S/C12H17N3O/c1-15(2)7-5-9-8-14-12-11(9)10(16-3)4-6-13-12/h4,6,8H,5,7H2,1-3H3,(H,13,14). The summed E-state index contributed by atoms with van der Waals surface area (Å²) in [6, 6.07) is 1.90. The summed E-state index contributed by atoms with van der Waals surface area (Å²) in [6.45, 7) is 1.02. The molecule has 4 nitrogen and oxygen atoms in total. The van der Waals surface area contributed by atoms with Gasteiger partial charge in [0.05, 0.1) is 12.5 Å². The van der Waals surface area contributed by atoms with Crippen LogP contribution < -0.4 is 4.74 Å². The smallest absolute Gasteiger partial charge is 0.141 e. The highest BCUT2D eigenvalue weighted by atomic mass is 16.5. The van der Waals surface area contributed by atoms with Crippen LogP contribution in [0.5, 0.6) is 5.75 Å². The van der Waals surface area contributed by atoms with Crippen LogP contribution >= 0.6 is 0 Å². The number of H-pyrrole nitrogens is 1. The summed E-state index contributed by atoms with van der Waals surface area (Å²) in [6.07, 6.45) is 4.77. The van der Waals surface area contributed by atoms with E-state index in [-0.39, 0.29) is 0 Å². The summed E-state index contributed by atoms with van der Waals surface area (Å²) in [7, 11) is 5.84. The molecule has 16 heavy (non-hydrogen) atoms. The quantitative estimate of drug-likeness (QED) is 0.850. The Labute approximate surface area is 95.2 Å². The first-order valence-corrected chi connectivity index (χ1v) is 5.36. The number of aromatic amines is 1. The lowest BCUT2D eigenvalue weighted by molar-refractivity contribution is 0.411. The number of fused-ring (bicyclic) bond motifs is 1. The Morgan fingerprint density at radius 2 is 2.25 bits per heavy atom. The van der Waals surface area contributed by atoms with Gasteiger partial charge >= 0.3 is 0 Å². The van der Waals surface area contributed by atoms with Crippen LogP contribution in [-0.2, 0) is 6.42 Å². The van der Waals surface area contributed by atoms with Crippen LogP contribution in [0.4, 0.5) is 0 Å². The summed E-state index contributed by atoms with van der Waals surface area (Å²) >= 11 is 0. The zero-order valence-corrected chi connectivity index (χ0v) is 9.95. The molecule has 0 aromatic carbocycles. The number of nitrogens with zero attached hydrogens (tertiary/aromatic N) is 2. The summed E-state index contributed by atoms with van der Waals surface area (Å²) in [5, 5.41) is 1.10. The van der Waals surface area contributed by atoms with Crippen molar-refractivity contribution >= 4 is 11.0 Å². The van der Waals surface area contributed by atoms with E-state index in [1.807, 2.05) is 12.3 Å². The molecular formula is C12H17N3O. The Bertz CT molecular complexity index is 476. The van der Waals surface area contributed by atoms with Crippen LogP contribution in [0.2, 0.25) is 0 Å². The van der Waals surface area contributed by atoms with E-state index in [0.29, 0.717) is 0 Å². The van der Waals surface area contributed by atoms with Gasteiger partial charge in [-0.15, -0.1) is 0 Å². The van der Waals surface area contributed by atoms with E-state index in [1.165, 1.54) is 5.56 Å². The van der Waals surface area contributed by atoms with E-state index in [0.717, 1.165) is 29.7 Å². The van der Waals surface area contributed by atoms with Gasteiger partial charge in [-0.1, -0.05) is 0 Å². The minimum atomic E-state index is 0.889. The van der Waals surface area contributed by atoms with Gasteiger partial charge < -0.3 is 14.6 Å². The number of ether oxygens (including phenoxy) is 1. The van der Waals surface area contributed by atoms with Crippen molar-refractivity contribution in [2.24, 2.45) is 0 Å². The maximum absolute atomic E-state index is 5.36. The molecule has 1 N–H and O–H groups in total. The van der Waals surface area contributed by atoms with Crippen molar-refractivity contribution < 1.29 is 4.74 Å². The van der Waals surface area contributed by atoms with E-state index >= 15 is 0 Å². The molecule has 0 unspecified atom stereocenters. The molecule has 2 aromatic heterocycles. The molecule has 0 bridgehead atoms. The van der Waals surface area contributed by atoms with Gasteiger partial charge in [0.2, 0.25) is 0 Å². The molecular weight excluding hydrogens is 202 g/mol. The number of hydrogen-bond acceptors (Lipinski definition) is 3. The monoisotopic (exact) mass is 219 g/mol. The number of methoxy groups -OCH3 is 1. The molecule has 0 spiro atoms. The van der Waals surface area contributed by atoms with E-state index in [4.69, 9.17) is 4.74 Å². The first-order valence-electron chi connectivity index (χ1n) is 5.36. The molecule has 4 heteroatoms. The third kappa shape index (κ3) is 2.02. The third-order valence-electron chi connectivity index (χ3n) is 2.67. The van der Waals surface area contributed by atoms with Crippen LogP contribution in [0.3, 0.4) is 0 Å². The van der Waals surface area contributed by atoms with Crippen molar-refractivity contribution in [1.82, 2.24) is 14.9 Å². The van der Waals surface area contributed by atoms with E-state index in [1.54, 1.807) is 13.3 Å². The Hall–Kier alpha value is -1.55. The Morgan fingerprint density at radius 1 is 1.44 bits per heavy atom. The Kier molecular flexibility index (Phi) is 3.10. The SMILES string of the molecule is COc1ccnc2[nH]cc(CCN(C)C)c12. The van der Waals surface area contributed by atoms with Crippen molar-refractivity contribution in [3.8, 4) is 5.75 Å². The molecule has 0 saturated heterocycles. The largest absolute Gasteiger partial charge is 0.496 e. The number of aromatic nitrogens is 2. The van der Waals surface area contributed by atoms with Crippen LogP contribution in [-0.4, -0.2) is 42.6 Å². The first kappa shape index (κ1) is 11.0. The topological polar surface area (TPSA) is 41.1 Å². The summed E-state index contributed by atoms with van der Waals surface area (Å²) in [4.78, 5) is 9.63. The highest BCUT2D eigenvalue weighted by molar-refractivity contribution is 5.86. The first-order chi connectivity index (χ1) is 7.72. The number of pyridine rings is 1. The molecule has 0 aliphatic carbocycles. The molecule has 0 aliphatic rings. The van der Waals surface area contributed by atoms with Crippen LogP contribution in [0.1, 0.15) is 5.56 Å².